The van der Waals surface area contributed by atoms with Gasteiger partial charge in [-0.3, -0.25) is 0 Å². The largest absolute Gasteiger partial charge is 0.508 e. The molecule has 4 rings (SSSR count). The second-order valence-corrected chi connectivity index (χ2v) is 8.17. The van der Waals surface area contributed by atoms with Crippen LogP contribution in [0.3, 0.4) is 0 Å². The first kappa shape index (κ1) is 21.3. The number of benzene rings is 3. The van der Waals surface area contributed by atoms with Gasteiger partial charge in [-0.2, -0.15) is 0 Å². The quantitative estimate of drug-likeness (QED) is 0.460. The van der Waals surface area contributed by atoms with E-state index in [0.29, 0.717) is 23.4 Å². The van der Waals surface area contributed by atoms with Crippen LogP contribution in [0.1, 0.15) is 36.0 Å². The maximum absolute atomic E-state index is 13.2. The highest BCUT2D eigenvalue weighted by Crippen LogP contribution is 2.36. The summed E-state index contributed by atoms with van der Waals surface area (Å²) in [4.78, 5) is 0.614. The molecule has 3 aromatic rings. The lowest BCUT2D eigenvalue weighted by molar-refractivity contribution is 0.156. The van der Waals surface area contributed by atoms with Crippen LogP contribution in [0.5, 0.6) is 11.5 Å². The van der Waals surface area contributed by atoms with Gasteiger partial charge in [-0.15, -0.1) is 0 Å². The van der Waals surface area contributed by atoms with Crippen LogP contribution in [0, 0.1) is 5.82 Å². The Morgan fingerprint density at radius 2 is 1.65 bits per heavy atom. The summed E-state index contributed by atoms with van der Waals surface area (Å²) in [5.74, 6) is 0.509. The molecule has 160 valence electrons. The van der Waals surface area contributed by atoms with Crippen molar-refractivity contribution in [2.45, 2.75) is 37.0 Å². The van der Waals surface area contributed by atoms with Crippen LogP contribution in [0.25, 0.3) is 0 Å². The second kappa shape index (κ2) is 9.45. The van der Waals surface area contributed by atoms with E-state index in [-0.39, 0.29) is 29.6 Å². The van der Waals surface area contributed by atoms with Gasteiger partial charge in [0.25, 0.3) is 0 Å². The van der Waals surface area contributed by atoms with E-state index in [1.54, 1.807) is 24.3 Å². The molecule has 4 nitrogen and oxygen atoms in total. The minimum absolute atomic E-state index is 0.0548. The van der Waals surface area contributed by atoms with Gasteiger partial charge in [-0.1, -0.05) is 54.7 Å². The molecule has 3 aromatic carbocycles. The number of aliphatic hydroxyl groups excluding tert-OH is 1. The molecule has 31 heavy (non-hydrogen) atoms. The number of para-hydroxylation sites is 1. The van der Waals surface area contributed by atoms with Crippen LogP contribution in [0.2, 0.25) is 0 Å². The fourth-order valence-corrected chi connectivity index (χ4v) is 4.39. The van der Waals surface area contributed by atoms with Crippen molar-refractivity contribution < 1.29 is 19.3 Å². The Morgan fingerprint density at radius 1 is 0.968 bits per heavy atom. The third-order valence-corrected chi connectivity index (χ3v) is 5.99. The molecule has 1 unspecified atom stereocenters. The summed E-state index contributed by atoms with van der Waals surface area (Å²) >= 11 is 5.62. The molecule has 6 heteroatoms. The van der Waals surface area contributed by atoms with Gasteiger partial charge in [0.1, 0.15) is 22.3 Å². The minimum atomic E-state index is -0.703. The normalized spacial score (nSPS) is 21.5. The molecular weight excluding hydrogens is 413 g/mol. The molecule has 0 aliphatic carbocycles. The maximum atomic E-state index is 13.2. The standard InChI is InChI=1S/C25H24FNO3S/c26-18-10-6-16(7-11-18)22(29)15-14-21-23(17-8-12-19(28)13-9-17)24(25(31)27-21)30-20-4-2-1-3-5-20/h1-13,21-24,28-29H,14-15H2,(H,27,31)/t21-,22+,23-,24?/m1/s1. The SMILES string of the molecule is Oc1ccc([C@H]2C(Oc3ccccc3)C(=S)N[C@@H]2CC[C@H](O)c2ccc(F)cc2)cc1. The molecule has 4 atom stereocenters. The molecule has 1 saturated heterocycles. The second-order valence-electron chi connectivity index (χ2n) is 7.73. The molecule has 0 saturated carbocycles. The average Bonchev–Trinajstić information content (AvgIpc) is 3.09. The van der Waals surface area contributed by atoms with E-state index in [4.69, 9.17) is 17.0 Å². The Labute approximate surface area is 186 Å². The Balaban J connectivity index is 1.54. The Hall–Kier alpha value is -2.96. The van der Waals surface area contributed by atoms with Crippen molar-refractivity contribution in [3.05, 3.63) is 95.8 Å². The fourth-order valence-electron chi connectivity index (χ4n) is 4.05. The van der Waals surface area contributed by atoms with Gasteiger partial charge in [0.15, 0.2) is 6.10 Å². The number of rotatable bonds is 7. The number of ether oxygens (including phenoxy) is 1. The van der Waals surface area contributed by atoms with E-state index in [0.717, 1.165) is 11.3 Å². The molecule has 1 heterocycles. The molecule has 0 bridgehead atoms. The lowest BCUT2D eigenvalue weighted by Gasteiger charge is -2.25. The predicted octanol–water partition coefficient (Wildman–Crippen LogP) is 4.88. The molecule has 0 radical (unpaired) electrons. The van der Waals surface area contributed by atoms with Crippen molar-refractivity contribution in [3.63, 3.8) is 0 Å². The van der Waals surface area contributed by atoms with Crippen LogP contribution in [0.4, 0.5) is 4.39 Å². The molecule has 0 aromatic heterocycles. The number of thiocarbonyl (C=S) groups is 1. The first-order valence-corrected chi connectivity index (χ1v) is 10.7. The zero-order valence-corrected chi connectivity index (χ0v) is 17.6. The van der Waals surface area contributed by atoms with Gasteiger partial charge < -0.3 is 20.3 Å². The first-order chi connectivity index (χ1) is 15.0. The Kier molecular flexibility index (Phi) is 6.49. The van der Waals surface area contributed by atoms with Crippen LogP contribution in [0.15, 0.2) is 78.9 Å². The van der Waals surface area contributed by atoms with Crippen molar-refractivity contribution >= 4 is 17.2 Å². The molecule has 1 aliphatic rings. The van der Waals surface area contributed by atoms with Gasteiger partial charge in [-0.25, -0.2) is 4.39 Å². The summed E-state index contributed by atoms with van der Waals surface area (Å²) in [6.07, 6.45) is 0.0534. The number of aromatic hydroxyl groups is 1. The minimum Gasteiger partial charge on any atom is -0.508 e. The number of hydrogen-bond donors (Lipinski definition) is 3. The predicted molar refractivity (Wildman–Crippen MR) is 122 cm³/mol. The van der Waals surface area contributed by atoms with E-state index in [9.17, 15) is 14.6 Å². The van der Waals surface area contributed by atoms with Crippen LogP contribution in [-0.2, 0) is 0 Å². The summed E-state index contributed by atoms with van der Waals surface area (Å²) in [6, 6.07) is 22.4. The molecule has 1 fully saturated rings. The third kappa shape index (κ3) is 5.03. The number of hydrogen-bond acceptors (Lipinski definition) is 4. The lowest BCUT2D eigenvalue weighted by Crippen LogP contribution is -2.29. The Morgan fingerprint density at radius 3 is 2.32 bits per heavy atom. The monoisotopic (exact) mass is 437 g/mol. The van der Waals surface area contributed by atoms with Crippen molar-refractivity contribution in [2.24, 2.45) is 0 Å². The summed E-state index contributed by atoms with van der Waals surface area (Å²) in [5, 5.41) is 23.7. The Bertz CT molecular complexity index is 1010. The average molecular weight is 438 g/mol. The number of phenolic OH excluding ortho intramolecular Hbond substituents is 1. The van der Waals surface area contributed by atoms with Crippen molar-refractivity contribution in [3.8, 4) is 11.5 Å². The van der Waals surface area contributed by atoms with Gasteiger partial charge in [0.05, 0.1) is 6.10 Å². The summed E-state index contributed by atoms with van der Waals surface area (Å²) < 4.78 is 19.4. The van der Waals surface area contributed by atoms with Crippen molar-refractivity contribution in [2.75, 3.05) is 0 Å². The van der Waals surface area contributed by atoms with Crippen LogP contribution >= 0.6 is 12.2 Å². The van der Waals surface area contributed by atoms with E-state index >= 15 is 0 Å². The zero-order chi connectivity index (χ0) is 21.8. The number of phenols is 1. The van der Waals surface area contributed by atoms with E-state index in [1.165, 1.54) is 12.1 Å². The zero-order valence-electron chi connectivity index (χ0n) is 16.8. The molecule has 1 aliphatic heterocycles. The molecule has 0 amide bonds. The number of nitrogens with one attached hydrogen (secondary N) is 1. The fraction of sp³-hybridized carbons (Fsp3) is 0.240. The number of halogens is 1. The van der Waals surface area contributed by atoms with Gasteiger partial charge >= 0.3 is 0 Å². The first-order valence-electron chi connectivity index (χ1n) is 10.3. The highest BCUT2D eigenvalue weighted by molar-refractivity contribution is 7.80. The van der Waals surface area contributed by atoms with Gasteiger partial charge in [0, 0.05) is 12.0 Å². The van der Waals surface area contributed by atoms with Crippen LogP contribution in [-0.4, -0.2) is 27.3 Å². The third-order valence-electron chi connectivity index (χ3n) is 5.64. The highest BCUT2D eigenvalue weighted by atomic mass is 32.1. The highest BCUT2D eigenvalue weighted by Gasteiger charge is 2.42. The van der Waals surface area contributed by atoms with Crippen molar-refractivity contribution in [1.29, 1.82) is 0 Å². The summed E-state index contributed by atoms with van der Waals surface area (Å²) in [6.45, 7) is 0. The van der Waals surface area contributed by atoms with E-state index in [1.807, 2.05) is 42.5 Å². The smallest absolute Gasteiger partial charge is 0.157 e. The lowest BCUT2D eigenvalue weighted by atomic mass is 9.86. The van der Waals surface area contributed by atoms with Crippen molar-refractivity contribution in [1.82, 2.24) is 5.32 Å². The molecular formula is C25H24FNO3S. The maximum Gasteiger partial charge on any atom is 0.157 e. The van der Waals surface area contributed by atoms with Crippen LogP contribution < -0.4 is 10.1 Å². The summed E-state index contributed by atoms with van der Waals surface area (Å²) in [7, 11) is 0. The van der Waals surface area contributed by atoms with Gasteiger partial charge in [-0.05, 0) is 60.4 Å². The number of aliphatic hydroxyl groups is 1. The van der Waals surface area contributed by atoms with E-state index < -0.39 is 6.10 Å². The summed E-state index contributed by atoms with van der Waals surface area (Å²) in [5.41, 5.74) is 1.67. The topological polar surface area (TPSA) is 61.7 Å². The molecule has 3 N–H and O–H groups in total. The molecule has 0 spiro atoms. The van der Waals surface area contributed by atoms with Gasteiger partial charge in [0.2, 0.25) is 0 Å². The van der Waals surface area contributed by atoms with E-state index in [2.05, 4.69) is 5.32 Å².